The molecule has 0 aromatic carbocycles. The zero-order valence-electron chi connectivity index (χ0n) is 13.0. The lowest BCUT2D eigenvalue weighted by Crippen LogP contribution is -2.33. The van der Waals surface area contributed by atoms with Gasteiger partial charge in [0.2, 0.25) is 0 Å². The van der Waals surface area contributed by atoms with Crippen LogP contribution < -0.4 is 5.56 Å². The number of H-pyrrole nitrogens is 1. The number of nitrogens with one attached hydrogen (secondary N) is 1. The van der Waals surface area contributed by atoms with E-state index in [9.17, 15) is 9.59 Å². The van der Waals surface area contributed by atoms with Crippen molar-refractivity contribution in [2.24, 2.45) is 7.05 Å². The fraction of sp³-hybridized carbons (Fsp3) is 0.467. The summed E-state index contributed by atoms with van der Waals surface area (Å²) < 4.78 is 1.56. The number of carbonyl (C=O) groups is 1. The van der Waals surface area contributed by atoms with E-state index in [1.54, 1.807) is 22.7 Å². The van der Waals surface area contributed by atoms with E-state index in [-0.39, 0.29) is 11.5 Å². The Bertz CT molecular complexity index is 790. The number of aromatic nitrogens is 4. The van der Waals surface area contributed by atoms with Crippen LogP contribution in [0, 0.1) is 13.8 Å². The number of imidazole rings is 1. The van der Waals surface area contributed by atoms with Gasteiger partial charge < -0.3 is 9.88 Å². The van der Waals surface area contributed by atoms with Gasteiger partial charge in [0.1, 0.15) is 17.3 Å². The highest BCUT2D eigenvalue weighted by Gasteiger charge is 2.23. The number of amides is 1. The number of hydrogen-bond donors (Lipinski definition) is 1. The summed E-state index contributed by atoms with van der Waals surface area (Å²) in [6, 6.07) is 0. The third-order valence-corrected chi connectivity index (χ3v) is 4.16. The Hall–Kier alpha value is -2.44. The van der Waals surface area contributed by atoms with Crippen LogP contribution in [0.1, 0.15) is 33.4 Å². The molecule has 7 heteroatoms. The van der Waals surface area contributed by atoms with Crippen molar-refractivity contribution in [3.63, 3.8) is 0 Å². The van der Waals surface area contributed by atoms with Crippen LogP contribution in [0.2, 0.25) is 0 Å². The SMILES string of the molecule is Cc1ncc(C(=O)N2CCc3nc(C)n(C)c(=O)c3CC2)[nH]1. The van der Waals surface area contributed by atoms with E-state index in [1.807, 2.05) is 13.8 Å². The second kappa shape index (κ2) is 5.40. The van der Waals surface area contributed by atoms with Crippen LogP contribution in [0.25, 0.3) is 0 Å². The Kier molecular flexibility index (Phi) is 3.56. The molecule has 116 valence electrons. The molecule has 2 aromatic heterocycles. The minimum atomic E-state index is -0.0815. The van der Waals surface area contributed by atoms with E-state index in [2.05, 4.69) is 15.0 Å². The lowest BCUT2D eigenvalue weighted by atomic mass is 10.1. The first kappa shape index (κ1) is 14.5. The number of hydrogen-bond acceptors (Lipinski definition) is 4. The molecule has 7 nitrogen and oxygen atoms in total. The fourth-order valence-electron chi connectivity index (χ4n) is 2.77. The second-order valence-electron chi connectivity index (χ2n) is 5.62. The minimum Gasteiger partial charge on any atom is -0.338 e. The highest BCUT2D eigenvalue weighted by atomic mass is 16.2. The van der Waals surface area contributed by atoms with Gasteiger partial charge in [-0.15, -0.1) is 0 Å². The third kappa shape index (κ3) is 2.43. The van der Waals surface area contributed by atoms with E-state index in [0.717, 1.165) is 11.3 Å². The number of fused-ring (bicyclic) bond motifs is 1. The molecule has 0 radical (unpaired) electrons. The first-order valence-corrected chi connectivity index (χ1v) is 7.33. The minimum absolute atomic E-state index is 0.00539. The van der Waals surface area contributed by atoms with E-state index >= 15 is 0 Å². The number of nitrogens with zero attached hydrogens (tertiary/aromatic N) is 4. The normalized spacial score (nSPS) is 14.6. The third-order valence-electron chi connectivity index (χ3n) is 4.16. The topological polar surface area (TPSA) is 83.9 Å². The molecule has 0 saturated carbocycles. The van der Waals surface area contributed by atoms with Crippen LogP contribution in [-0.2, 0) is 19.9 Å². The van der Waals surface area contributed by atoms with Crippen molar-refractivity contribution in [1.82, 2.24) is 24.4 Å². The molecule has 0 spiro atoms. The van der Waals surface area contributed by atoms with Gasteiger partial charge in [-0.2, -0.15) is 0 Å². The number of aromatic amines is 1. The van der Waals surface area contributed by atoms with Gasteiger partial charge in [0.15, 0.2) is 0 Å². The predicted octanol–water partition coefficient (Wildman–Crippen LogP) is 0.361. The highest BCUT2D eigenvalue weighted by Crippen LogP contribution is 2.13. The number of rotatable bonds is 1. The Balaban J connectivity index is 1.86. The van der Waals surface area contributed by atoms with Crippen molar-refractivity contribution in [2.75, 3.05) is 13.1 Å². The van der Waals surface area contributed by atoms with Gasteiger partial charge in [0.25, 0.3) is 11.5 Å². The molecule has 22 heavy (non-hydrogen) atoms. The molecule has 0 saturated heterocycles. The molecule has 2 aromatic rings. The van der Waals surface area contributed by atoms with Crippen LogP contribution in [0.5, 0.6) is 0 Å². The van der Waals surface area contributed by atoms with Crippen molar-refractivity contribution in [3.8, 4) is 0 Å². The Morgan fingerprint density at radius 1 is 1.27 bits per heavy atom. The summed E-state index contributed by atoms with van der Waals surface area (Å²) in [5.41, 5.74) is 2.02. The molecular weight excluding hydrogens is 282 g/mol. The molecule has 0 bridgehead atoms. The maximum Gasteiger partial charge on any atom is 0.271 e. The van der Waals surface area contributed by atoms with Crippen molar-refractivity contribution in [2.45, 2.75) is 26.7 Å². The zero-order valence-corrected chi connectivity index (χ0v) is 13.0. The van der Waals surface area contributed by atoms with Gasteiger partial charge >= 0.3 is 0 Å². The van der Waals surface area contributed by atoms with Gasteiger partial charge in [0.05, 0.1) is 11.9 Å². The van der Waals surface area contributed by atoms with E-state index in [4.69, 9.17) is 0 Å². The van der Waals surface area contributed by atoms with Gasteiger partial charge in [0, 0.05) is 32.1 Å². The van der Waals surface area contributed by atoms with Crippen molar-refractivity contribution in [1.29, 1.82) is 0 Å². The molecule has 3 rings (SSSR count). The fourth-order valence-corrected chi connectivity index (χ4v) is 2.77. The van der Waals surface area contributed by atoms with Crippen LogP contribution >= 0.6 is 0 Å². The predicted molar refractivity (Wildman–Crippen MR) is 80.9 cm³/mol. The van der Waals surface area contributed by atoms with E-state index in [0.29, 0.717) is 43.3 Å². The first-order valence-electron chi connectivity index (χ1n) is 7.33. The summed E-state index contributed by atoms with van der Waals surface area (Å²) in [5, 5.41) is 0. The van der Waals surface area contributed by atoms with E-state index in [1.165, 1.54) is 0 Å². The zero-order chi connectivity index (χ0) is 15.9. The van der Waals surface area contributed by atoms with Gasteiger partial charge in [-0.1, -0.05) is 0 Å². The Labute approximate surface area is 128 Å². The average molecular weight is 301 g/mol. The molecule has 1 N–H and O–H groups in total. The standard InChI is InChI=1S/C15H19N5O2/c1-9-16-8-13(17-9)15(22)20-6-4-11-12(5-7-20)18-10(2)19(3)14(11)21/h8H,4-7H2,1-3H3,(H,16,17). The molecule has 0 fully saturated rings. The Morgan fingerprint density at radius 3 is 2.68 bits per heavy atom. The summed E-state index contributed by atoms with van der Waals surface area (Å²) in [7, 11) is 1.73. The van der Waals surface area contributed by atoms with Crippen molar-refractivity contribution < 1.29 is 4.79 Å². The molecule has 1 amide bonds. The average Bonchev–Trinajstić information content (AvgIpc) is 2.81. The van der Waals surface area contributed by atoms with Crippen molar-refractivity contribution in [3.05, 3.63) is 45.2 Å². The quantitative estimate of drug-likeness (QED) is 0.824. The van der Waals surface area contributed by atoms with Gasteiger partial charge in [-0.25, -0.2) is 9.97 Å². The molecular formula is C15H19N5O2. The first-order chi connectivity index (χ1) is 10.5. The van der Waals surface area contributed by atoms with Crippen LogP contribution in [0.4, 0.5) is 0 Å². The maximum absolute atomic E-state index is 12.5. The monoisotopic (exact) mass is 301 g/mol. The molecule has 0 atom stereocenters. The summed E-state index contributed by atoms with van der Waals surface area (Å²) in [4.78, 5) is 38.1. The summed E-state index contributed by atoms with van der Waals surface area (Å²) >= 11 is 0. The summed E-state index contributed by atoms with van der Waals surface area (Å²) in [6.45, 7) is 4.71. The molecule has 1 aliphatic rings. The largest absolute Gasteiger partial charge is 0.338 e. The van der Waals surface area contributed by atoms with Crippen LogP contribution in [0.15, 0.2) is 11.0 Å². The number of aryl methyl sites for hydroxylation is 2. The van der Waals surface area contributed by atoms with Crippen molar-refractivity contribution >= 4 is 5.91 Å². The highest BCUT2D eigenvalue weighted by molar-refractivity contribution is 5.92. The van der Waals surface area contributed by atoms with Gasteiger partial charge in [-0.3, -0.25) is 14.2 Å². The molecule has 3 heterocycles. The lowest BCUT2D eigenvalue weighted by Gasteiger charge is -2.18. The van der Waals surface area contributed by atoms with Crippen LogP contribution in [0.3, 0.4) is 0 Å². The summed E-state index contributed by atoms with van der Waals surface area (Å²) in [6.07, 6.45) is 2.69. The molecule has 0 unspecified atom stereocenters. The second-order valence-corrected chi connectivity index (χ2v) is 5.62. The molecule has 0 aliphatic carbocycles. The lowest BCUT2D eigenvalue weighted by molar-refractivity contribution is 0.0757. The van der Waals surface area contributed by atoms with E-state index < -0.39 is 0 Å². The smallest absolute Gasteiger partial charge is 0.271 e. The number of carbonyl (C=O) groups excluding carboxylic acids is 1. The Morgan fingerprint density at radius 2 is 2.00 bits per heavy atom. The van der Waals surface area contributed by atoms with Gasteiger partial charge in [-0.05, 0) is 20.3 Å². The van der Waals surface area contributed by atoms with Crippen LogP contribution in [-0.4, -0.2) is 43.4 Å². The molecule has 1 aliphatic heterocycles. The maximum atomic E-state index is 12.5. The summed E-state index contributed by atoms with van der Waals surface area (Å²) in [5.74, 6) is 1.34.